The lowest BCUT2D eigenvalue weighted by Gasteiger charge is -2.32. The van der Waals surface area contributed by atoms with Crippen LogP contribution in [-0.2, 0) is 16.1 Å². The summed E-state index contributed by atoms with van der Waals surface area (Å²) < 4.78 is 5.50. The van der Waals surface area contributed by atoms with Crippen LogP contribution in [0.2, 0.25) is 0 Å². The van der Waals surface area contributed by atoms with Crippen molar-refractivity contribution in [3.63, 3.8) is 0 Å². The van der Waals surface area contributed by atoms with Gasteiger partial charge in [0.05, 0.1) is 18.6 Å². The topological polar surface area (TPSA) is 132 Å². The van der Waals surface area contributed by atoms with Crippen molar-refractivity contribution < 1.29 is 14.3 Å². The molecule has 2 aliphatic rings. The van der Waals surface area contributed by atoms with Crippen molar-refractivity contribution in [3.05, 3.63) is 78.4 Å². The van der Waals surface area contributed by atoms with E-state index in [0.29, 0.717) is 49.8 Å². The Labute approximate surface area is 287 Å². The molecule has 0 unspecified atom stereocenters. The SMILES string of the molecule is C=C(CN(C)C(C)(C)C)C(=O)N=C1CCCN(Cc2ccnc(C(=O)Nc3ccc(-c4cc5c(N6CCOCC6)ncnc5[nH]4)cc3)c2)C1. The minimum Gasteiger partial charge on any atom is -0.378 e. The molecule has 2 saturated heterocycles. The number of rotatable bonds is 9. The minimum absolute atomic E-state index is 0.0630. The molecule has 256 valence electrons. The molecule has 4 aromatic rings. The van der Waals surface area contributed by atoms with Gasteiger partial charge in [-0.05, 0) is 88.7 Å². The molecule has 3 aromatic heterocycles. The van der Waals surface area contributed by atoms with Gasteiger partial charge in [-0.1, -0.05) is 18.7 Å². The first kappa shape index (κ1) is 34.1. The average Bonchev–Trinajstić information content (AvgIpc) is 3.53. The van der Waals surface area contributed by atoms with E-state index in [1.165, 1.54) is 0 Å². The number of hydrogen-bond donors (Lipinski definition) is 2. The number of pyridine rings is 1. The molecular formula is C37H45N9O3. The molecule has 12 heteroatoms. The van der Waals surface area contributed by atoms with Crippen molar-refractivity contribution in [1.29, 1.82) is 0 Å². The molecule has 2 N–H and O–H groups in total. The number of nitrogens with one attached hydrogen (secondary N) is 2. The van der Waals surface area contributed by atoms with Crippen LogP contribution in [0, 0.1) is 0 Å². The molecule has 0 saturated carbocycles. The maximum atomic E-state index is 13.2. The number of carbonyl (C=O) groups is 2. The summed E-state index contributed by atoms with van der Waals surface area (Å²) in [7, 11) is 1.98. The molecule has 2 fully saturated rings. The molecule has 0 radical (unpaired) electrons. The van der Waals surface area contributed by atoms with E-state index in [1.54, 1.807) is 12.5 Å². The summed E-state index contributed by atoms with van der Waals surface area (Å²) in [4.78, 5) is 53.7. The number of aliphatic imine (C=N–C) groups is 1. The molecule has 6 rings (SSSR count). The van der Waals surface area contributed by atoms with Crippen LogP contribution in [0.15, 0.2) is 72.1 Å². The van der Waals surface area contributed by atoms with Gasteiger partial charge in [0.15, 0.2) is 0 Å². The Hall–Kier alpha value is -4.78. The third-order valence-electron chi connectivity index (χ3n) is 9.11. The first-order valence-electron chi connectivity index (χ1n) is 16.8. The predicted octanol–water partition coefficient (Wildman–Crippen LogP) is 4.96. The van der Waals surface area contributed by atoms with Crippen molar-refractivity contribution in [3.8, 4) is 11.3 Å². The number of likely N-dealkylation sites (N-methyl/N-ethyl adjacent to an activating group) is 1. The Morgan fingerprint density at radius 1 is 1.06 bits per heavy atom. The van der Waals surface area contributed by atoms with Gasteiger partial charge in [-0.25, -0.2) is 15.0 Å². The molecule has 1 aromatic carbocycles. The van der Waals surface area contributed by atoms with Crippen LogP contribution in [-0.4, -0.2) is 106 Å². The highest BCUT2D eigenvalue weighted by Crippen LogP contribution is 2.30. The van der Waals surface area contributed by atoms with E-state index >= 15 is 0 Å². The van der Waals surface area contributed by atoms with Gasteiger partial charge in [0.1, 0.15) is 23.5 Å². The maximum Gasteiger partial charge on any atom is 0.274 e. The zero-order chi connectivity index (χ0) is 34.5. The number of benzene rings is 1. The Balaban J connectivity index is 1.06. The molecule has 0 atom stereocenters. The first-order valence-corrected chi connectivity index (χ1v) is 16.8. The molecule has 0 spiro atoms. The smallest absolute Gasteiger partial charge is 0.274 e. The van der Waals surface area contributed by atoms with Gasteiger partial charge in [-0.2, -0.15) is 0 Å². The third-order valence-corrected chi connectivity index (χ3v) is 9.11. The highest BCUT2D eigenvalue weighted by atomic mass is 16.5. The van der Waals surface area contributed by atoms with Crippen LogP contribution < -0.4 is 10.2 Å². The lowest BCUT2D eigenvalue weighted by atomic mass is 10.1. The van der Waals surface area contributed by atoms with E-state index in [1.807, 2.05) is 43.4 Å². The number of aromatic nitrogens is 4. The van der Waals surface area contributed by atoms with Crippen LogP contribution in [0.3, 0.4) is 0 Å². The van der Waals surface area contributed by atoms with Crippen LogP contribution in [0.1, 0.15) is 49.7 Å². The number of morpholine rings is 1. The number of hydrogen-bond acceptors (Lipinski definition) is 9. The number of fused-ring (bicyclic) bond motifs is 1. The largest absolute Gasteiger partial charge is 0.378 e. The van der Waals surface area contributed by atoms with Crippen molar-refractivity contribution in [1.82, 2.24) is 29.7 Å². The standard InChI is InChI=1S/C37H45N9O3/c1-25(21-44(5)37(2,3)4)35(47)42-29-7-6-14-45(23-29)22-26-12-13-38-32(19-26)36(48)41-28-10-8-27(9-11-28)31-20-30-33(43-31)39-24-40-34(30)46-15-17-49-18-16-46/h8-13,19-20,24H,1,6-7,14-18,21-23H2,2-5H3,(H,41,48)(H,39,40,43). The summed E-state index contributed by atoms with van der Waals surface area (Å²) in [6.45, 7) is 15.8. The fourth-order valence-electron chi connectivity index (χ4n) is 5.96. The molecule has 12 nitrogen and oxygen atoms in total. The van der Waals surface area contributed by atoms with Crippen molar-refractivity contribution in [2.45, 2.75) is 45.7 Å². The van der Waals surface area contributed by atoms with E-state index < -0.39 is 0 Å². The molecule has 2 aliphatic heterocycles. The monoisotopic (exact) mass is 663 g/mol. The Kier molecular flexibility index (Phi) is 10.3. The van der Waals surface area contributed by atoms with Crippen LogP contribution >= 0.6 is 0 Å². The zero-order valence-electron chi connectivity index (χ0n) is 28.8. The molecule has 2 amide bonds. The van der Waals surface area contributed by atoms with Crippen LogP contribution in [0.4, 0.5) is 11.5 Å². The second-order valence-corrected chi connectivity index (χ2v) is 13.8. The average molecular weight is 664 g/mol. The number of piperidine rings is 1. The number of anilines is 2. The second-order valence-electron chi connectivity index (χ2n) is 13.8. The van der Waals surface area contributed by atoms with Crippen molar-refractivity contribution in [2.24, 2.45) is 4.99 Å². The van der Waals surface area contributed by atoms with E-state index in [0.717, 1.165) is 71.9 Å². The molecule has 0 bridgehead atoms. The number of aromatic amines is 1. The van der Waals surface area contributed by atoms with E-state index in [9.17, 15) is 9.59 Å². The summed E-state index contributed by atoms with van der Waals surface area (Å²) in [5.74, 6) is 0.369. The Morgan fingerprint density at radius 2 is 1.84 bits per heavy atom. The molecule has 49 heavy (non-hydrogen) atoms. The number of ether oxygens (including phenoxy) is 1. The van der Waals surface area contributed by atoms with Crippen molar-refractivity contribution >= 4 is 40.1 Å². The molecule has 0 aliphatic carbocycles. The van der Waals surface area contributed by atoms with Gasteiger partial charge in [0.25, 0.3) is 11.8 Å². The highest BCUT2D eigenvalue weighted by molar-refractivity contribution is 6.04. The molecule has 5 heterocycles. The van der Waals surface area contributed by atoms with Gasteiger partial charge < -0.3 is 19.9 Å². The zero-order valence-corrected chi connectivity index (χ0v) is 28.8. The number of carbonyl (C=O) groups excluding carboxylic acids is 2. The van der Waals surface area contributed by atoms with Gasteiger partial charge in [-0.3, -0.25) is 24.4 Å². The van der Waals surface area contributed by atoms with Gasteiger partial charge in [0.2, 0.25) is 0 Å². The number of amides is 2. The van der Waals surface area contributed by atoms with E-state index in [4.69, 9.17) is 4.74 Å². The number of nitrogens with zero attached hydrogens (tertiary/aromatic N) is 7. The Bertz CT molecular complexity index is 1850. The van der Waals surface area contributed by atoms with Gasteiger partial charge in [-0.15, -0.1) is 0 Å². The summed E-state index contributed by atoms with van der Waals surface area (Å²) in [5.41, 5.74) is 5.94. The van der Waals surface area contributed by atoms with Gasteiger partial charge in [0, 0.05) is 67.1 Å². The fraction of sp³-hybridized carbons (Fsp3) is 0.405. The number of H-pyrrole nitrogens is 1. The summed E-state index contributed by atoms with van der Waals surface area (Å²) >= 11 is 0. The summed E-state index contributed by atoms with van der Waals surface area (Å²) in [5, 5.41) is 3.94. The lowest BCUT2D eigenvalue weighted by molar-refractivity contribution is -0.114. The normalized spacial score (nSPS) is 16.8. The second kappa shape index (κ2) is 14.8. The predicted molar refractivity (Wildman–Crippen MR) is 193 cm³/mol. The van der Waals surface area contributed by atoms with Crippen LogP contribution in [0.25, 0.3) is 22.3 Å². The molecular weight excluding hydrogens is 618 g/mol. The lowest BCUT2D eigenvalue weighted by Crippen LogP contribution is -2.40. The third kappa shape index (κ3) is 8.45. The minimum atomic E-state index is -0.282. The maximum absolute atomic E-state index is 13.2. The van der Waals surface area contributed by atoms with E-state index in [-0.39, 0.29) is 17.4 Å². The van der Waals surface area contributed by atoms with Gasteiger partial charge >= 0.3 is 0 Å². The quantitative estimate of drug-likeness (QED) is 0.239. The summed E-state index contributed by atoms with van der Waals surface area (Å²) in [6.07, 6.45) is 4.95. The first-order chi connectivity index (χ1) is 23.5. The van der Waals surface area contributed by atoms with Crippen LogP contribution in [0.5, 0.6) is 0 Å². The Morgan fingerprint density at radius 3 is 2.59 bits per heavy atom. The highest BCUT2D eigenvalue weighted by Gasteiger charge is 2.22. The van der Waals surface area contributed by atoms with Crippen molar-refractivity contribution in [2.75, 3.05) is 63.2 Å². The number of likely N-dealkylation sites (tertiary alicyclic amines) is 1. The summed E-state index contributed by atoms with van der Waals surface area (Å²) in [6, 6.07) is 13.5. The van der Waals surface area contributed by atoms with E-state index in [2.05, 4.69) is 78.4 Å². The fourth-order valence-corrected chi connectivity index (χ4v) is 5.96.